The van der Waals surface area contributed by atoms with Gasteiger partial charge in [-0.15, -0.1) is 0 Å². The number of carbonyl (C=O) groups is 1. The molecule has 3 rings (SSSR count). The normalized spacial score (nSPS) is 19.2. The summed E-state index contributed by atoms with van der Waals surface area (Å²) in [4.78, 5) is 17.3. The summed E-state index contributed by atoms with van der Waals surface area (Å²) < 4.78 is 44.6. The second kappa shape index (κ2) is 5.72. The minimum atomic E-state index is -4.50. The number of nitrogens with zero attached hydrogens (tertiary/aromatic N) is 2. The van der Waals surface area contributed by atoms with Gasteiger partial charge in [-0.1, -0.05) is 6.92 Å². The summed E-state index contributed by atoms with van der Waals surface area (Å²) in [6.07, 6.45) is -0.896. The number of hydrogen-bond acceptors (Lipinski definition) is 3. The average Bonchev–Trinajstić information content (AvgIpc) is 3.00. The van der Waals surface area contributed by atoms with E-state index in [0.717, 1.165) is 24.9 Å². The Morgan fingerprint density at radius 2 is 2.09 bits per heavy atom. The van der Waals surface area contributed by atoms with Crippen LogP contribution in [0, 0.1) is 5.92 Å². The Kier molecular flexibility index (Phi) is 3.87. The van der Waals surface area contributed by atoms with E-state index in [1.54, 1.807) is 0 Å². The molecule has 2 aromatic rings. The maximum atomic E-state index is 13.2. The van der Waals surface area contributed by atoms with Gasteiger partial charge in [0.25, 0.3) is 0 Å². The number of piperidine rings is 1. The molecule has 1 amide bonds. The van der Waals surface area contributed by atoms with Crippen molar-refractivity contribution in [3.05, 3.63) is 36.4 Å². The first-order valence-electron chi connectivity index (χ1n) is 7.26. The van der Waals surface area contributed by atoms with Crippen LogP contribution in [0.15, 0.2) is 35.2 Å². The Balaban J connectivity index is 2.06. The molecule has 1 saturated heterocycles. The maximum Gasteiger partial charge on any atom is 0.416 e. The van der Waals surface area contributed by atoms with Gasteiger partial charge in [0.1, 0.15) is 0 Å². The summed E-state index contributed by atoms with van der Waals surface area (Å²) in [5.74, 6) is 0.320. The highest BCUT2D eigenvalue weighted by Gasteiger charge is 2.33. The standard InChI is InChI=1S/C16H15F3N2O2/c1-10-2-3-21(15(22)4-10)13-6-11(14-8-20-9-23-14)5-12(7-13)16(17,18)19/h5-10H,2-4H2,1H3. The fourth-order valence-corrected chi connectivity index (χ4v) is 2.69. The van der Waals surface area contributed by atoms with Crippen molar-refractivity contribution in [2.75, 3.05) is 11.4 Å². The highest BCUT2D eigenvalue weighted by atomic mass is 19.4. The van der Waals surface area contributed by atoms with Crippen LogP contribution in [-0.2, 0) is 11.0 Å². The molecule has 1 aliphatic heterocycles. The first-order valence-corrected chi connectivity index (χ1v) is 7.26. The third-order valence-corrected chi connectivity index (χ3v) is 3.94. The van der Waals surface area contributed by atoms with Crippen molar-refractivity contribution in [1.82, 2.24) is 4.98 Å². The lowest BCUT2D eigenvalue weighted by Gasteiger charge is -2.30. The first-order chi connectivity index (χ1) is 10.8. The molecule has 2 heterocycles. The Labute approximate surface area is 130 Å². The molecule has 23 heavy (non-hydrogen) atoms. The van der Waals surface area contributed by atoms with Crippen molar-refractivity contribution < 1.29 is 22.4 Å². The summed E-state index contributed by atoms with van der Waals surface area (Å²) in [7, 11) is 0. The molecule has 0 radical (unpaired) electrons. The molecule has 0 spiro atoms. The van der Waals surface area contributed by atoms with E-state index in [2.05, 4.69) is 4.98 Å². The molecule has 1 aromatic heterocycles. The molecule has 1 aromatic carbocycles. The molecule has 4 nitrogen and oxygen atoms in total. The van der Waals surface area contributed by atoms with Crippen LogP contribution < -0.4 is 4.90 Å². The SMILES string of the molecule is CC1CCN(c2cc(-c3cnco3)cc(C(F)(F)F)c2)C(=O)C1. The van der Waals surface area contributed by atoms with Gasteiger partial charge in [-0.3, -0.25) is 4.79 Å². The zero-order chi connectivity index (χ0) is 16.6. The lowest BCUT2D eigenvalue weighted by molar-refractivity contribution is -0.137. The van der Waals surface area contributed by atoms with Gasteiger partial charge in [-0.2, -0.15) is 13.2 Å². The number of carbonyl (C=O) groups excluding carboxylic acids is 1. The Bertz CT molecular complexity index is 711. The second-order valence-electron chi connectivity index (χ2n) is 5.78. The van der Waals surface area contributed by atoms with Crippen LogP contribution >= 0.6 is 0 Å². The van der Waals surface area contributed by atoms with Crippen LogP contribution in [0.2, 0.25) is 0 Å². The Morgan fingerprint density at radius 1 is 1.30 bits per heavy atom. The van der Waals surface area contributed by atoms with Crippen molar-refractivity contribution >= 4 is 11.6 Å². The third-order valence-electron chi connectivity index (χ3n) is 3.94. The van der Waals surface area contributed by atoms with Gasteiger partial charge in [-0.25, -0.2) is 4.98 Å². The van der Waals surface area contributed by atoms with Crippen molar-refractivity contribution in [3.63, 3.8) is 0 Å². The Hall–Kier alpha value is -2.31. The van der Waals surface area contributed by atoms with E-state index in [9.17, 15) is 18.0 Å². The summed E-state index contributed by atoms with van der Waals surface area (Å²) in [5, 5.41) is 0. The van der Waals surface area contributed by atoms with Crippen LogP contribution in [0.25, 0.3) is 11.3 Å². The summed E-state index contributed by atoms with van der Waals surface area (Å²) in [6.45, 7) is 2.37. The van der Waals surface area contributed by atoms with Crippen molar-refractivity contribution in [2.24, 2.45) is 5.92 Å². The average molecular weight is 324 g/mol. The minimum Gasteiger partial charge on any atom is -0.444 e. The number of rotatable bonds is 2. The largest absolute Gasteiger partial charge is 0.444 e. The molecule has 7 heteroatoms. The number of alkyl halides is 3. The van der Waals surface area contributed by atoms with Gasteiger partial charge in [-0.05, 0) is 30.5 Å². The molecule has 0 aliphatic carbocycles. The molecular weight excluding hydrogens is 309 g/mol. The molecule has 0 saturated carbocycles. The molecule has 1 unspecified atom stereocenters. The van der Waals surface area contributed by atoms with Gasteiger partial charge in [0, 0.05) is 24.2 Å². The number of anilines is 1. The van der Waals surface area contributed by atoms with Gasteiger partial charge < -0.3 is 9.32 Å². The van der Waals surface area contributed by atoms with Crippen LogP contribution in [0.1, 0.15) is 25.3 Å². The molecule has 1 atom stereocenters. The number of hydrogen-bond donors (Lipinski definition) is 0. The predicted octanol–water partition coefficient (Wildman–Crippen LogP) is 4.12. The van der Waals surface area contributed by atoms with Gasteiger partial charge in [0.15, 0.2) is 12.2 Å². The van der Waals surface area contributed by atoms with Crippen molar-refractivity contribution in [1.29, 1.82) is 0 Å². The van der Waals surface area contributed by atoms with Crippen LogP contribution in [0.4, 0.5) is 18.9 Å². The van der Waals surface area contributed by atoms with Gasteiger partial charge in [0.05, 0.1) is 11.8 Å². The van der Waals surface area contributed by atoms with Crippen molar-refractivity contribution in [3.8, 4) is 11.3 Å². The lowest BCUT2D eigenvalue weighted by Crippen LogP contribution is -2.38. The molecule has 0 N–H and O–H groups in total. The molecule has 1 aliphatic rings. The number of oxazole rings is 1. The Morgan fingerprint density at radius 3 is 2.70 bits per heavy atom. The van der Waals surface area contributed by atoms with Gasteiger partial charge in [0.2, 0.25) is 5.91 Å². The monoisotopic (exact) mass is 324 g/mol. The van der Waals surface area contributed by atoms with Crippen LogP contribution in [-0.4, -0.2) is 17.4 Å². The van der Waals surface area contributed by atoms with E-state index in [0.29, 0.717) is 13.0 Å². The minimum absolute atomic E-state index is 0.161. The molecular formula is C16H15F3N2O2. The number of aromatic nitrogens is 1. The highest BCUT2D eigenvalue weighted by Crippen LogP contribution is 2.37. The van der Waals surface area contributed by atoms with Crippen molar-refractivity contribution in [2.45, 2.75) is 25.9 Å². The molecule has 1 fully saturated rings. The number of halogens is 3. The van der Waals surface area contributed by atoms with Crippen LogP contribution in [0.5, 0.6) is 0 Å². The quantitative estimate of drug-likeness (QED) is 0.834. The number of benzene rings is 1. The second-order valence-corrected chi connectivity index (χ2v) is 5.78. The maximum absolute atomic E-state index is 13.2. The zero-order valence-electron chi connectivity index (χ0n) is 12.4. The summed E-state index contributed by atoms with van der Waals surface area (Å²) in [6, 6.07) is 3.54. The fraction of sp³-hybridized carbons (Fsp3) is 0.375. The summed E-state index contributed by atoms with van der Waals surface area (Å²) in [5.41, 5.74) is -0.324. The molecule has 0 bridgehead atoms. The van der Waals surface area contributed by atoms with E-state index in [4.69, 9.17) is 4.42 Å². The smallest absolute Gasteiger partial charge is 0.416 e. The molecule has 122 valence electrons. The van der Waals surface area contributed by atoms with Crippen LogP contribution in [0.3, 0.4) is 0 Å². The van der Waals surface area contributed by atoms with E-state index >= 15 is 0 Å². The first kappa shape index (κ1) is 15.6. The predicted molar refractivity (Wildman–Crippen MR) is 77.7 cm³/mol. The van der Waals surface area contributed by atoms with E-state index < -0.39 is 11.7 Å². The zero-order valence-corrected chi connectivity index (χ0v) is 12.4. The highest BCUT2D eigenvalue weighted by molar-refractivity contribution is 5.95. The fourth-order valence-electron chi connectivity index (χ4n) is 2.69. The van der Waals surface area contributed by atoms with E-state index in [1.165, 1.54) is 17.2 Å². The van der Waals surface area contributed by atoms with E-state index in [1.807, 2.05) is 6.92 Å². The lowest BCUT2D eigenvalue weighted by atomic mass is 9.97. The van der Waals surface area contributed by atoms with E-state index in [-0.39, 0.29) is 28.8 Å². The summed E-state index contributed by atoms with van der Waals surface area (Å²) >= 11 is 0. The third kappa shape index (κ3) is 3.23. The van der Waals surface area contributed by atoms with Gasteiger partial charge >= 0.3 is 6.18 Å². The topological polar surface area (TPSA) is 46.3 Å². The number of amides is 1.